The van der Waals surface area contributed by atoms with Crippen LogP contribution in [0.5, 0.6) is 0 Å². The van der Waals surface area contributed by atoms with Gasteiger partial charge < -0.3 is 20.5 Å². The van der Waals surface area contributed by atoms with E-state index in [0.29, 0.717) is 12.6 Å². The summed E-state index contributed by atoms with van der Waals surface area (Å²) in [5.74, 6) is 1.82. The zero-order chi connectivity index (χ0) is 20.6. The first kappa shape index (κ1) is 20.0. The van der Waals surface area contributed by atoms with E-state index in [1.165, 1.54) is 44.2 Å². The number of nitrogens with zero attached hydrogens (tertiary/aromatic N) is 3. The molecule has 1 saturated carbocycles. The van der Waals surface area contributed by atoms with Gasteiger partial charge in [0.05, 0.1) is 5.54 Å². The van der Waals surface area contributed by atoms with Crippen molar-refractivity contribution >= 4 is 5.82 Å². The van der Waals surface area contributed by atoms with E-state index in [-0.39, 0.29) is 11.4 Å². The predicted molar refractivity (Wildman–Crippen MR) is 116 cm³/mol. The first-order valence-electron chi connectivity index (χ1n) is 10.7. The van der Waals surface area contributed by atoms with Crippen molar-refractivity contribution in [3.05, 3.63) is 48.2 Å². The highest BCUT2D eigenvalue weighted by atomic mass is 19.1. The second-order valence-electron chi connectivity index (χ2n) is 8.75. The SMILES string of the molecule is C=C(CN)N1CCn2c(nc(-c3ccc(F)cc3)c2NC2CCCCC2)C1(C)C. The van der Waals surface area contributed by atoms with E-state index in [4.69, 9.17) is 10.7 Å². The maximum atomic E-state index is 13.5. The molecule has 0 unspecified atom stereocenters. The van der Waals surface area contributed by atoms with Gasteiger partial charge in [-0.05, 0) is 51.0 Å². The van der Waals surface area contributed by atoms with Crippen molar-refractivity contribution < 1.29 is 4.39 Å². The number of halogens is 1. The van der Waals surface area contributed by atoms with Crippen molar-refractivity contribution in [2.24, 2.45) is 5.73 Å². The van der Waals surface area contributed by atoms with Crippen LogP contribution < -0.4 is 11.1 Å². The molecule has 1 fully saturated rings. The Bertz CT molecular complexity index is 877. The lowest BCUT2D eigenvalue weighted by molar-refractivity contribution is 0.118. The van der Waals surface area contributed by atoms with Crippen molar-refractivity contribution in [1.82, 2.24) is 14.5 Å². The fraction of sp³-hybridized carbons (Fsp3) is 0.522. The van der Waals surface area contributed by atoms with Crippen LogP contribution >= 0.6 is 0 Å². The Kier molecular flexibility index (Phi) is 5.38. The lowest BCUT2D eigenvalue weighted by Gasteiger charge is -2.44. The van der Waals surface area contributed by atoms with Gasteiger partial charge in [-0.25, -0.2) is 9.37 Å². The van der Waals surface area contributed by atoms with Crippen molar-refractivity contribution in [2.45, 2.75) is 64.1 Å². The second kappa shape index (κ2) is 7.82. The molecular formula is C23H32FN5. The zero-order valence-electron chi connectivity index (χ0n) is 17.5. The number of aromatic nitrogens is 2. The molecule has 0 atom stereocenters. The quantitative estimate of drug-likeness (QED) is 0.782. The van der Waals surface area contributed by atoms with E-state index >= 15 is 0 Å². The molecule has 0 bridgehead atoms. The number of benzene rings is 1. The van der Waals surface area contributed by atoms with Crippen LogP contribution in [0.15, 0.2) is 36.5 Å². The molecular weight excluding hydrogens is 365 g/mol. The Hall–Kier alpha value is -2.34. The lowest BCUT2D eigenvalue weighted by Crippen LogP contribution is -2.49. The van der Waals surface area contributed by atoms with Crippen LogP contribution in [0.4, 0.5) is 10.2 Å². The van der Waals surface area contributed by atoms with Gasteiger partial charge in [0.2, 0.25) is 0 Å². The summed E-state index contributed by atoms with van der Waals surface area (Å²) in [6.45, 7) is 10.6. The normalized spacial score (nSPS) is 19.1. The largest absolute Gasteiger partial charge is 0.367 e. The molecule has 1 aromatic heterocycles. The molecule has 0 saturated heterocycles. The number of imidazole rings is 1. The van der Waals surface area contributed by atoms with Crippen molar-refractivity contribution in [3.63, 3.8) is 0 Å². The van der Waals surface area contributed by atoms with E-state index in [1.54, 1.807) is 0 Å². The highest BCUT2D eigenvalue weighted by molar-refractivity contribution is 5.73. The number of fused-ring (bicyclic) bond motifs is 1. The molecule has 5 nitrogen and oxygen atoms in total. The zero-order valence-corrected chi connectivity index (χ0v) is 17.5. The minimum Gasteiger partial charge on any atom is -0.367 e. The number of nitrogens with one attached hydrogen (secondary N) is 1. The standard InChI is InChI=1S/C23H32FN5/c1-16(15-25)29-14-13-28-21(26-19-7-5-4-6-8-19)20(27-22(28)23(29,2)3)17-9-11-18(24)12-10-17/h9-12,19,26H,1,4-8,13-15,25H2,2-3H3. The first-order chi connectivity index (χ1) is 13.9. The predicted octanol–water partition coefficient (Wildman–Crippen LogP) is 4.46. The molecule has 0 amide bonds. The van der Waals surface area contributed by atoms with Gasteiger partial charge in [-0.1, -0.05) is 25.8 Å². The fourth-order valence-electron chi connectivity index (χ4n) is 4.80. The van der Waals surface area contributed by atoms with Crippen molar-refractivity contribution in [1.29, 1.82) is 0 Å². The molecule has 29 heavy (non-hydrogen) atoms. The third-order valence-electron chi connectivity index (χ3n) is 6.42. The molecule has 1 aliphatic heterocycles. The highest BCUT2D eigenvalue weighted by Gasteiger charge is 2.39. The van der Waals surface area contributed by atoms with Gasteiger partial charge in [0, 0.05) is 36.9 Å². The van der Waals surface area contributed by atoms with Crippen molar-refractivity contribution in [2.75, 3.05) is 18.4 Å². The molecule has 0 radical (unpaired) electrons. The van der Waals surface area contributed by atoms with Gasteiger partial charge in [-0.3, -0.25) is 0 Å². The molecule has 2 heterocycles. The van der Waals surface area contributed by atoms with Crippen LogP contribution in [0.25, 0.3) is 11.3 Å². The maximum absolute atomic E-state index is 13.5. The summed E-state index contributed by atoms with van der Waals surface area (Å²) in [5.41, 5.74) is 8.33. The third kappa shape index (κ3) is 3.66. The maximum Gasteiger partial charge on any atom is 0.136 e. The highest BCUT2D eigenvalue weighted by Crippen LogP contribution is 2.40. The van der Waals surface area contributed by atoms with Crippen LogP contribution in [0.3, 0.4) is 0 Å². The van der Waals surface area contributed by atoms with E-state index in [0.717, 1.165) is 41.7 Å². The third-order valence-corrected chi connectivity index (χ3v) is 6.42. The Balaban J connectivity index is 1.79. The monoisotopic (exact) mass is 397 g/mol. The Morgan fingerprint density at radius 2 is 1.90 bits per heavy atom. The molecule has 4 rings (SSSR count). The average molecular weight is 398 g/mol. The fourth-order valence-corrected chi connectivity index (χ4v) is 4.80. The summed E-state index contributed by atoms with van der Waals surface area (Å²) < 4.78 is 15.8. The van der Waals surface area contributed by atoms with Gasteiger partial charge >= 0.3 is 0 Å². The molecule has 1 aromatic carbocycles. The van der Waals surface area contributed by atoms with Gasteiger partial charge in [0.1, 0.15) is 23.2 Å². The molecule has 156 valence electrons. The number of rotatable bonds is 5. The summed E-state index contributed by atoms with van der Waals surface area (Å²) in [6.07, 6.45) is 6.21. The lowest BCUT2D eigenvalue weighted by atomic mass is 9.95. The first-order valence-corrected chi connectivity index (χ1v) is 10.7. The van der Waals surface area contributed by atoms with Gasteiger partial charge in [-0.2, -0.15) is 0 Å². The van der Waals surface area contributed by atoms with E-state index < -0.39 is 0 Å². The smallest absolute Gasteiger partial charge is 0.136 e. The van der Waals surface area contributed by atoms with Crippen LogP contribution in [0, 0.1) is 5.82 Å². The summed E-state index contributed by atoms with van der Waals surface area (Å²) >= 11 is 0. The minimum atomic E-state index is -0.323. The molecule has 2 aromatic rings. The number of anilines is 1. The molecule has 2 aliphatic rings. The summed E-state index contributed by atoms with van der Waals surface area (Å²) in [6, 6.07) is 7.11. The number of nitrogens with two attached hydrogens (primary N) is 1. The van der Waals surface area contributed by atoms with E-state index in [9.17, 15) is 4.39 Å². The van der Waals surface area contributed by atoms with E-state index in [2.05, 4.69) is 35.2 Å². The van der Waals surface area contributed by atoms with Gasteiger partial charge in [0.25, 0.3) is 0 Å². The number of hydrogen-bond donors (Lipinski definition) is 2. The van der Waals surface area contributed by atoms with E-state index in [1.807, 2.05) is 12.1 Å². The topological polar surface area (TPSA) is 59.1 Å². The Morgan fingerprint density at radius 3 is 2.55 bits per heavy atom. The molecule has 3 N–H and O–H groups in total. The van der Waals surface area contributed by atoms with Crippen LogP contribution in [-0.2, 0) is 12.1 Å². The molecule has 1 aliphatic carbocycles. The molecule has 0 spiro atoms. The van der Waals surface area contributed by atoms with Crippen LogP contribution in [0.1, 0.15) is 51.8 Å². The summed E-state index contributed by atoms with van der Waals surface area (Å²) in [5, 5.41) is 3.81. The minimum absolute atomic E-state index is 0.231. The van der Waals surface area contributed by atoms with Crippen molar-refractivity contribution in [3.8, 4) is 11.3 Å². The van der Waals surface area contributed by atoms with Gasteiger partial charge in [-0.15, -0.1) is 0 Å². The molecule has 6 heteroatoms. The van der Waals surface area contributed by atoms with Crippen LogP contribution in [-0.4, -0.2) is 33.6 Å². The summed E-state index contributed by atoms with van der Waals surface area (Å²) in [7, 11) is 0. The average Bonchev–Trinajstić information content (AvgIpc) is 3.08. The van der Waals surface area contributed by atoms with Gasteiger partial charge in [0.15, 0.2) is 0 Å². The number of hydrogen-bond acceptors (Lipinski definition) is 4. The summed E-state index contributed by atoms with van der Waals surface area (Å²) in [4.78, 5) is 7.35. The Morgan fingerprint density at radius 1 is 1.21 bits per heavy atom. The second-order valence-corrected chi connectivity index (χ2v) is 8.75. The Labute approximate surface area is 172 Å². The van der Waals surface area contributed by atoms with Crippen LogP contribution in [0.2, 0.25) is 0 Å².